The first-order valence-corrected chi connectivity index (χ1v) is 9.56. The summed E-state index contributed by atoms with van der Waals surface area (Å²) >= 11 is 0. The number of carbonyl (C=O) groups is 2. The molecule has 2 aromatic rings. The molecule has 0 saturated heterocycles. The summed E-state index contributed by atoms with van der Waals surface area (Å²) in [5.74, 6) is -0.213. The Kier molecular flexibility index (Phi) is 8.96. The Balaban J connectivity index is 1.81. The van der Waals surface area contributed by atoms with Crippen molar-refractivity contribution in [3.63, 3.8) is 0 Å². The molecule has 1 heterocycles. The highest BCUT2D eigenvalue weighted by molar-refractivity contribution is 5.92. The summed E-state index contributed by atoms with van der Waals surface area (Å²) in [4.78, 5) is 34.5. The minimum absolute atomic E-state index is 0.0432. The van der Waals surface area contributed by atoms with E-state index in [4.69, 9.17) is 0 Å². The normalized spacial score (nSPS) is 10.4. The third kappa shape index (κ3) is 7.56. The van der Waals surface area contributed by atoms with E-state index in [2.05, 4.69) is 22.2 Å². The van der Waals surface area contributed by atoms with Gasteiger partial charge in [-0.3, -0.25) is 14.6 Å². The van der Waals surface area contributed by atoms with Crippen LogP contribution in [0.25, 0.3) is 0 Å². The number of hydrogen-bond acceptors (Lipinski definition) is 4. The maximum absolute atomic E-state index is 12.6. The second-order valence-electron chi connectivity index (χ2n) is 6.43. The zero-order valence-electron chi connectivity index (χ0n) is 15.9. The van der Waals surface area contributed by atoms with Crippen molar-refractivity contribution in [1.82, 2.24) is 20.2 Å². The average molecular weight is 368 g/mol. The van der Waals surface area contributed by atoms with Crippen LogP contribution in [0.2, 0.25) is 0 Å². The van der Waals surface area contributed by atoms with Gasteiger partial charge in [-0.05, 0) is 18.4 Å². The topological polar surface area (TPSA) is 75.2 Å². The van der Waals surface area contributed by atoms with E-state index in [0.717, 1.165) is 25.7 Å². The van der Waals surface area contributed by atoms with Crippen LogP contribution in [0, 0.1) is 0 Å². The van der Waals surface area contributed by atoms with Crippen molar-refractivity contribution >= 4 is 11.8 Å². The van der Waals surface area contributed by atoms with Crippen LogP contribution in [0.5, 0.6) is 0 Å². The molecule has 1 N–H and O–H groups in total. The number of unbranched alkanes of at least 4 members (excludes halogenated alkanes) is 2. The molecule has 2 amide bonds. The number of hydrogen-bond donors (Lipinski definition) is 1. The van der Waals surface area contributed by atoms with Crippen molar-refractivity contribution in [3.8, 4) is 0 Å². The molecule has 0 aliphatic heterocycles. The first-order chi connectivity index (χ1) is 13.2. The molecule has 1 aromatic heterocycles. The molecule has 1 aromatic carbocycles. The van der Waals surface area contributed by atoms with E-state index in [1.165, 1.54) is 18.0 Å². The smallest absolute Gasteiger partial charge is 0.274 e. The van der Waals surface area contributed by atoms with Gasteiger partial charge in [-0.15, -0.1) is 0 Å². The molecular weight excluding hydrogens is 340 g/mol. The fraction of sp³-hybridized carbons (Fsp3) is 0.429. The predicted octanol–water partition coefficient (Wildman–Crippen LogP) is 2.86. The molecule has 0 spiro atoms. The quantitative estimate of drug-likeness (QED) is 0.619. The van der Waals surface area contributed by atoms with Gasteiger partial charge in [0.1, 0.15) is 5.69 Å². The molecule has 6 nitrogen and oxygen atoms in total. The van der Waals surface area contributed by atoms with Gasteiger partial charge in [0, 0.05) is 38.4 Å². The number of carbonyl (C=O) groups excluding carboxylic acids is 2. The summed E-state index contributed by atoms with van der Waals surface area (Å²) in [5.41, 5.74) is 1.51. The SMILES string of the molecule is CCCCCN(CCC(=O)NCCc1ccccc1)C(=O)c1cnccn1. The van der Waals surface area contributed by atoms with E-state index in [-0.39, 0.29) is 18.2 Å². The molecule has 0 bridgehead atoms. The highest BCUT2D eigenvalue weighted by atomic mass is 16.2. The maximum atomic E-state index is 12.6. The first kappa shape index (κ1) is 20.6. The number of nitrogens with zero attached hydrogens (tertiary/aromatic N) is 3. The Bertz CT molecular complexity index is 692. The molecule has 0 fully saturated rings. The Labute approximate surface area is 161 Å². The first-order valence-electron chi connectivity index (χ1n) is 9.56. The molecule has 0 radical (unpaired) electrons. The predicted molar refractivity (Wildman–Crippen MR) is 105 cm³/mol. The summed E-state index contributed by atoms with van der Waals surface area (Å²) in [6.07, 6.45) is 8.64. The van der Waals surface area contributed by atoms with Crippen LogP contribution < -0.4 is 5.32 Å². The van der Waals surface area contributed by atoms with Crippen molar-refractivity contribution in [2.75, 3.05) is 19.6 Å². The lowest BCUT2D eigenvalue weighted by Gasteiger charge is -2.22. The largest absolute Gasteiger partial charge is 0.356 e. The lowest BCUT2D eigenvalue weighted by molar-refractivity contribution is -0.121. The maximum Gasteiger partial charge on any atom is 0.274 e. The van der Waals surface area contributed by atoms with Gasteiger partial charge in [-0.25, -0.2) is 4.98 Å². The summed E-state index contributed by atoms with van der Waals surface area (Å²) < 4.78 is 0. The van der Waals surface area contributed by atoms with Crippen LogP contribution in [0.4, 0.5) is 0 Å². The average Bonchev–Trinajstić information content (AvgIpc) is 2.71. The van der Waals surface area contributed by atoms with Gasteiger partial charge in [0.2, 0.25) is 5.91 Å². The number of aromatic nitrogens is 2. The van der Waals surface area contributed by atoms with Gasteiger partial charge in [-0.1, -0.05) is 50.1 Å². The highest BCUT2D eigenvalue weighted by Crippen LogP contribution is 2.05. The molecular formula is C21H28N4O2. The number of amides is 2. The lowest BCUT2D eigenvalue weighted by Crippen LogP contribution is -2.36. The van der Waals surface area contributed by atoms with Gasteiger partial charge in [0.15, 0.2) is 0 Å². The molecule has 0 aliphatic rings. The Morgan fingerprint density at radius 2 is 1.89 bits per heavy atom. The monoisotopic (exact) mass is 368 g/mol. The Morgan fingerprint density at radius 1 is 1.07 bits per heavy atom. The second kappa shape index (κ2) is 11.8. The van der Waals surface area contributed by atoms with Gasteiger partial charge < -0.3 is 10.2 Å². The molecule has 144 valence electrons. The summed E-state index contributed by atoms with van der Waals surface area (Å²) in [6, 6.07) is 10.0. The van der Waals surface area contributed by atoms with E-state index >= 15 is 0 Å². The van der Waals surface area contributed by atoms with Crippen LogP contribution in [-0.2, 0) is 11.2 Å². The lowest BCUT2D eigenvalue weighted by atomic mass is 10.1. The van der Waals surface area contributed by atoms with Crippen molar-refractivity contribution in [2.45, 2.75) is 39.0 Å². The fourth-order valence-electron chi connectivity index (χ4n) is 2.75. The molecule has 6 heteroatoms. The number of nitrogens with one attached hydrogen (secondary N) is 1. The summed E-state index contributed by atoms with van der Waals surface area (Å²) in [5, 5.41) is 2.93. The minimum atomic E-state index is -0.170. The number of benzene rings is 1. The minimum Gasteiger partial charge on any atom is -0.356 e. The molecule has 0 saturated carbocycles. The van der Waals surface area contributed by atoms with Gasteiger partial charge in [0.05, 0.1) is 6.20 Å². The molecule has 27 heavy (non-hydrogen) atoms. The summed E-state index contributed by atoms with van der Waals surface area (Å²) in [7, 11) is 0. The zero-order valence-corrected chi connectivity index (χ0v) is 15.9. The fourth-order valence-corrected chi connectivity index (χ4v) is 2.75. The standard InChI is InChI=1S/C21H28N4O2/c1-2-3-7-15-25(21(27)19-17-22-13-14-23-19)16-11-20(26)24-12-10-18-8-5-4-6-9-18/h4-6,8-9,13-14,17H,2-3,7,10-12,15-16H2,1H3,(H,24,26). The third-order valence-electron chi connectivity index (χ3n) is 4.29. The van der Waals surface area contributed by atoms with Crippen molar-refractivity contribution in [1.29, 1.82) is 0 Å². The summed E-state index contributed by atoms with van der Waals surface area (Å²) in [6.45, 7) is 3.72. The van der Waals surface area contributed by atoms with E-state index in [1.54, 1.807) is 11.1 Å². The van der Waals surface area contributed by atoms with Crippen LogP contribution in [0.1, 0.15) is 48.7 Å². The molecule has 0 aliphatic carbocycles. The van der Waals surface area contributed by atoms with E-state index in [1.807, 2.05) is 30.3 Å². The second-order valence-corrected chi connectivity index (χ2v) is 6.43. The van der Waals surface area contributed by atoms with Crippen molar-refractivity contribution in [3.05, 3.63) is 60.2 Å². The van der Waals surface area contributed by atoms with Crippen molar-refractivity contribution in [2.24, 2.45) is 0 Å². The van der Waals surface area contributed by atoms with Crippen LogP contribution in [0.15, 0.2) is 48.9 Å². The van der Waals surface area contributed by atoms with E-state index in [0.29, 0.717) is 25.3 Å². The van der Waals surface area contributed by atoms with Gasteiger partial charge >= 0.3 is 0 Å². The van der Waals surface area contributed by atoms with Crippen molar-refractivity contribution < 1.29 is 9.59 Å². The molecule has 0 atom stereocenters. The highest BCUT2D eigenvalue weighted by Gasteiger charge is 2.17. The van der Waals surface area contributed by atoms with Gasteiger partial charge in [-0.2, -0.15) is 0 Å². The Hall–Kier alpha value is -2.76. The Morgan fingerprint density at radius 3 is 2.59 bits per heavy atom. The van der Waals surface area contributed by atoms with Crippen LogP contribution in [-0.4, -0.2) is 46.3 Å². The molecule has 2 rings (SSSR count). The zero-order chi connectivity index (χ0) is 19.3. The van der Waals surface area contributed by atoms with Crippen LogP contribution >= 0.6 is 0 Å². The van der Waals surface area contributed by atoms with Gasteiger partial charge in [0.25, 0.3) is 5.91 Å². The third-order valence-corrected chi connectivity index (χ3v) is 4.29. The van der Waals surface area contributed by atoms with E-state index in [9.17, 15) is 9.59 Å². The van der Waals surface area contributed by atoms with Crippen LogP contribution in [0.3, 0.4) is 0 Å². The number of rotatable bonds is 11. The van der Waals surface area contributed by atoms with E-state index < -0.39 is 0 Å². The molecule has 0 unspecified atom stereocenters.